The summed E-state index contributed by atoms with van der Waals surface area (Å²) in [6.07, 6.45) is 1.02. The predicted octanol–water partition coefficient (Wildman–Crippen LogP) is 2.46. The number of hydrogen-bond donors (Lipinski definition) is 2. The van der Waals surface area contributed by atoms with Gasteiger partial charge in [-0.3, -0.25) is 4.79 Å². The first-order chi connectivity index (χ1) is 9.97. The van der Waals surface area contributed by atoms with Crippen molar-refractivity contribution < 1.29 is 4.79 Å². The van der Waals surface area contributed by atoms with Gasteiger partial charge in [-0.25, -0.2) is 0 Å². The number of hydrogen-bond acceptors (Lipinski definition) is 3. The topological polar surface area (TPSA) is 44.4 Å². The first kappa shape index (κ1) is 17.5. The molecule has 2 N–H and O–H groups in total. The van der Waals surface area contributed by atoms with E-state index in [9.17, 15) is 4.79 Å². The average molecular weight is 291 g/mol. The zero-order valence-electron chi connectivity index (χ0n) is 14.0. The highest BCUT2D eigenvalue weighted by atomic mass is 16.1. The van der Waals surface area contributed by atoms with E-state index in [1.807, 2.05) is 0 Å². The van der Waals surface area contributed by atoms with Crippen LogP contribution in [0.1, 0.15) is 38.3 Å². The minimum Gasteiger partial charge on any atom is -0.362 e. The maximum absolute atomic E-state index is 11.6. The lowest BCUT2D eigenvalue weighted by Crippen LogP contribution is -2.36. The molecule has 1 aromatic rings. The molecule has 0 aliphatic carbocycles. The molecule has 0 saturated heterocycles. The second kappa shape index (κ2) is 8.67. The number of carbonyl (C=O) groups is 1. The second-order valence-electron chi connectivity index (χ2n) is 5.74. The molecule has 1 aromatic carbocycles. The van der Waals surface area contributed by atoms with Crippen LogP contribution in [0.25, 0.3) is 0 Å². The standard InChI is InChI=1S/C17H29N3O/c1-6-9-20(12-17(21)18-5)16-8-7-15(14(4)10-16)11-19-13(2)3/h7-8,10,13,19H,6,9,11-12H2,1-5H3,(H,18,21). The minimum atomic E-state index is 0.0478. The van der Waals surface area contributed by atoms with E-state index in [2.05, 4.69) is 61.4 Å². The van der Waals surface area contributed by atoms with Gasteiger partial charge in [0, 0.05) is 31.9 Å². The van der Waals surface area contributed by atoms with Crippen molar-refractivity contribution in [2.45, 2.75) is 46.7 Å². The fourth-order valence-electron chi connectivity index (χ4n) is 2.21. The molecular formula is C17H29N3O. The third-order valence-corrected chi connectivity index (χ3v) is 3.50. The molecule has 118 valence electrons. The van der Waals surface area contributed by atoms with Crippen molar-refractivity contribution >= 4 is 11.6 Å². The summed E-state index contributed by atoms with van der Waals surface area (Å²) < 4.78 is 0. The maximum Gasteiger partial charge on any atom is 0.239 e. The Morgan fingerprint density at radius 3 is 2.57 bits per heavy atom. The normalized spacial score (nSPS) is 10.8. The summed E-state index contributed by atoms with van der Waals surface area (Å²) in [6.45, 7) is 10.7. The van der Waals surface area contributed by atoms with Crippen molar-refractivity contribution in [3.63, 3.8) is 0 Å². The predicted molar refractivity (Wildman–Crippen MR) is 89.7 cm³/mol. The van der Waals surface area contributed by atoms with Gasteiger partial charge in [-0.05, 0) is 36.6 Å². The summed E-state index contributed by atoms with van der Waals surface area (Å²) in [6, 6.07) is 6.93. The fourth-order valence-corrected chi connectivity index (χ4v) is 2.21. The molecule has 0 unspecified atom stereocenters. The lowest BCUT2D eigenvalue weighted by molar-refractivity contribution is -0.119. The van der Waals surface area contributed by atoms with Crippen molar-refractivity contribution in [1.29, 1.82) is 0 Å². The highest BCUT2D eigenvalue weighted by Gasteiger charge is 2.11. The molecule has 0 aliphatic heterocycles. The van der Waals surface area contributed by atoms with Gasteiger partial charge in [0.2, 0.25) is 5.91 Å². The van der Waals surface area contributed by atoms with Crippen LogP contribution >= 0.6 is 0 Å². The molecule has 0 bridgehead atoms. The number of aryl methyl sites for hydroxylation is 1. The number of rotatable bonds is 8. The van der Waals surface area contributed by atoms with E-state index in [-0.39, 0.29) is 5.91 Å². The molecule has 4 nitrogen and oxygen atoms in total. The van der Waals surface area contributed by atoms with E-state index in [1.165, 1.54) is 11.1 Å². The summed E-state index contributed by atoms with van der Waals surface area (Å²) in [7, 11) is 1.68. The number of nitrogens with zero attached hydrogens (tertiary/aromatic N) is 1. The van der Waals surface area contributed by atoms with Gasteiger partial charge in [-0.2, -0.15) is 0 Å². The third kappa shape index (κ3) is 5.76. The van der Waals surface area contributed by atoms with Crippen molar-refractivity contribution in [2.75, 3.05) is 25.0 Å². The molecule has 0 atom stereocenters. The Bertz CT molecular complexity index is 457. The van der Waals surface area contributed by atoms with Crippen LogP contribution < -0.4 is 15.5 Å². The molecule has 0 aliphatic rings. The van der Waals surface area contributed by atoms with Crippen LogP contribution in [0.5, 0.6) is 0 Å². The fraction of sp³-hybridized carbons (Fsp3) is 0.588. The Morgan fingerprint density at radius 1 is 1.33 bits per heavy atom. The van der Waals surface area contributed by atoms with Gasteiger partial charge in [0.25, 0.3) is 0 Å². The Hall–Kier alpha value is -1.55. The number of nitrogens with one attached hydrogen (secondary N) is 2. The minimum absolute atomic E-state index is 0.0478. The van der Waals surface area contributed by atoms with E-state index in [4.69, 9.17) is 0 Å². The van der Waals surface area contributed by atoms with Crippen LogP contribution in [0, 0.1) is 6.92 Å². The van der Waals surface area contributed by atoms with Gasteiger partial charge in [-0.1, -0.05) is 26.8 Å². The number of anilines is 1. The zero-order valence-corrected chi connectivity index (χ0v) is 14.0. The molecule has 4 heteroatoms. The highest BCUT2D eigenvalue weighted by molar-refractivity contribution is 5.81. The van der Waals surface area contributed by atoms with E-state index >= 15 is 0 Å². The van der Waals surface area contributed by atoms with E-state index in [0.29, 0.717) is 12.6 Å². The van der Waals surface area contributed by atoms with Crippen molar-refractivity contribution in [1.82, 2.24) is 10.6 Å². The van der Waals surface area contributed by atoms with Crippen molar-refractivity contribution in [3.8, 4) is 0 Å². The maximum atomic E-state index is 11.6. The Kier molecular flexibility index (Phi) is 7.23. The molecule has 0 saturated carbocycles. The molecule has 0 heterocycles. The third-order valence-electron chi connectivity index (χ3n) is 3.50. The SMILES string of the molecule is CCCN(CC(=O)NC)c1ccc(CNC(C)C)c(C)c1. The summed E-state index contributed by atoms with van der Waals surface area (Å²) in [4.78, 5) is 13.8. The highest BCUT2D eigenvalue weighted by Crippen LogP contribution is 2.19. The Morgan fingerprint density at radius 2 is 2.05 bits per heavy atom. The Balaban J connectivity index is 2.84. The van der Waals surface area contributed by atoms with Crippen LogP contribution in [0.4, 0.5) is 5.69 Å². The molecule has 0 fully saturated rings. The molecule has 0 aromatic heterocycles. The summed E-state index contributed by atoms with van der Waals surface area (Å²) in [5.74, 6) is 0.0478. The molecule has 21 heavy (non-hydrogen) atoms. The second-order valence-corrected chi connectivity index (χ2v) is 5.74. The number of amides is 1. The van der Waals surface area contributed by atoms with Crippen LogP contribution in [-0.2, 0) is 11.3 Å². The van der Waals surface area contributed by atoms with Crippen LogP contribution in [0.15, 0.2) is 18.2 Å². The van der Waals surface area contributed by atoms with Crippen LogP contribution in [-0.4, -0.2) is 32.1 Å². The number of likely N-dealkylation sites (N-methyl/N-ethyl adjacent to an activating group) is 1. The van der Waals surface area contributed by atoms with Crippen LogP contribution in [0.2, 0.25) is 0 Å². The molecule has 0 spiro atoms. The lowest BCUT2D eigenvalue weighted by atomic mass is 10.1. The van der Waals surface area contributed by atoms with Gasteiger partial charge in [0.15, 0.2) is 0 Å². The van der Waals surface area contributed by atoms with E-state index in [1.54, 1.807) is 7.05 Å². The lowest BCUT2D eigenvalue weighted by Gasteiger charge is -2.24. The van der Waals surface area contributed by atoms with E-state index < -0.39 is 0 Å². The van der Waals surface area contributed by atoms with E-state index in [0.717, 1.165) is 25.2 Å². The summed E-state index contributed by atoms with van der Waals surface area (Å²) >= 11 is 0. The van der Waals surface area contributed by atoms with Gasteiger partial charge in [0.05, 0.1) is 6.54 Å². The number of benzene rings is 1. The average Bonchev–Trinajstić information content (AvgIpc) is 2.45. The largest absolute Gasteiger partial charge is 0.362 e. The smallest absolute Gasteiger partial charge is 0.239 e. The van der Waals surface area contributed by atoms with Crippen molar-refractivity contribution in [3.05, 3.63) is 29.3 Å². The monoisotopic (exact) mass is 291 g/mol. The summed E-state index contributed by atoms with van der Waals surface area (Å²) in [5, 5.41) is 6.13. The Labute approximate surface area is 128 Å². The van der Waals surface area contributed by atoms with Gasteiger partial charge >= 0.3 is 0 Å². The zero-order chi connectivity index (χ0) is 15.8. The van der Waals surface area contributed by atoms with Crippen LogP contribution in [0.3, 0.4) is 0 Å². The molecule has 0 radical (unpaired) electrons. The van der Waals surface area contributed by atoms with Crippen molar-refractivity contribution in [2.24, 2.45) is 0 Å². The van der Waals surface area contributed by atoms with Gasteiger partial charge < -0.3 is 15.5 Å². The molecule has 1 rings (SSSR count). The van der Waals surface area contributed by atoms with Gasteiger partial charge in [-0.15, -0.1) is 0 Å². The molecular weight excluding hydrogens is 262 g/mol. The summed E-state index contributed by atoms with van der Waals surface area (Å²) in [5.41, 5.74) is 3.69. The first-order valence-corrected chi connectivity index (χ1v) is 7.76. The number of carbonyl (C=O) groups excluding carboxylic acids is 1. The first-order valence-electron chi connectivity index (χ1n) is 7.76. The van der Waals surface area contributed by atoms with Gasteiger partial charge in [0.1, 0.15) is 0 Å². The molecule has 1 amide bonds. The quantitative estimate of drug-likeness (QED) is 0.773.